The third-order valence-electron chi connectivity index (χ3n) is 3.16. The Labute approximate surface area is 90.6 Å². The van der Waals surface area contributed by atoms with Gasteiger partial charge in [0, 0.05) is 0 Å². The average molecular weight is 239 g/mol. The summed E-state index contributed by atoms with van der Waals surface area (Å²) in [5.41, 5.74) is 0. The molecule has 1 nitrogen and oxygen atoms in total. The summed E-state index contributed by atoms with van der Waals surface area (Å²) in [5.74, 6) is 0. The molecule has 0 bridgehead atoms. The van der Waals surface area contributed by atoms with Crippen LogP contribution in [0.3, 0.4) is 0 Å². The van der Waals surface area contributed by atoms with Gasteiger partial charge < -0.3 is 0 Å². The normalized spacial score (nSPS) is 15.0. The summed E-state index contributed by atoms with van der Waals surface area (Å²) in [5, 5.41) is 4.14. The van der Waals surface area contributed by atoms with Gasteiger partial charge in [-0.2, -0.15) is 0 Å². The molecule has 0 aliphatic heterocycles. The van der Waals surface area contributed by atoms with E-state index in [1.807, 2.05) is 0 Å². The van der Waals surface area contributed by atoms with Gasteiger partial charge in [-0.3, -0.25) is 0 Å². The van der Waals surface area contributed by atoms with Crippen molar-refractivity contribution in [3.8, 4) is 0 Å². The molecule has 0 spiro atoms. The molecule has 87 valence electrons. The Morgan fingerprint density at radius 2 is 0.857 bits per heavy atom. The zero-order valence-electron chi connectivity index (χ0n) is 10.5. The standard InChI is InChI=1S/4C3H7.O.V/c4*1-3-2;;/h4*1,3H2,2H3;;. The van der Waals surface area contributed by atoms with Crippen LogP contribution in [-0.2, 0) is 16.5 Å². The van der Waals surface area contributed by atoms with Gasteiger partial charge in [0.2, 0.25) is 0 Å². The van der Waals surface area contributed by atoms with Crippen LogP contribution in [0.25, 0.3) is 0 Å². The fourth-order valence-electron chi connectivity index (χ4n) is 2.93. The quantitative estimate of drug-likeness (QED) is 0.559. The molecule has 0 saturated heterocycles. The van der Waals surface area contributed by atoms with Gasteiger partial charge in [0.15, 0.2) is 0 Å². The maximum atomic E-state index is 13.3. The van der Waals surface area contributed by atoms with Crippen molar-refractivity contribution in [3.63, 3.8) is 0 Å². The number of hydrogen-bond donors (Lipinski definition) is 0. The molecule has 0 saturated carbocycles. The van der Waals surface area contributed by atoms with E-state index in [2.05, 4.69) is 27.7 Å². The van der Waals surface area contributed by atoms with E-state index in [0.717, 1.165) is 46.2 Å². The molecular formula is C12H28OV. The predicted octanol–water partition coefficient (Wildman–Crippen LogP) is 5.33. The van der Waals surface area contributed by atoms with Crippen LogP contribution < -0.4 is 0 Å². The van der Waals surface area contributed by atoms with Gasteiger partial charge in [-0.25, -0.2) is 0 Å². The second kappa shape index (κ2) is 6.07. The van der Waals surface area contributed by atoms with Crippen LogP contribution in [-0.4, -0.2) is 0 Å². The van der Waals surface area contributed by atoms with E-state index in [-0.39, 0.29) is 0 Å². The topological polar surface area (TPSA) is 17.1 Å². The van der Waals surface area contributed by atoms with E-state index in [9.17, 15) is 3.67 Å². The first-order valence-corrected chi connectivity index (χ1v) is 10.8. The fourth-order valence-corrected chi connectivity index (χ4v) is 12.1. The molecule has 0 aromatic rings. The second-order valence-electron chi connectivity index (χ2n) is 4.75. The SMILES string of the molecule is CC[CH2][V](=[O])([CH2]CC)([CH2]CC)[CH2]CC. The van der Waals surface area contributed by atoms with Crippen LogP contribution in [0.2, 0.25) is 20.5 Å². The van der Waals surface area contributed by atoms with Crippen molar-refractivity contribution in [2.45, 2.75) is 73.9 Å². The zero-order valence-corrected chi connectivity index (χ0v) is 11.9. The molecule has 0 atom stereocenters. The Morgan fingerprint density at radius 3 is 1.00 bits per heavy atom. The molecule has 0 aliphatic rings. The van der Waals surface area contributed by atoms with Gasteiger partial charge in [-0.15, -0.1) is 0 Å². The first kappa shape index (κ1) is 14.4. The maximum absolute atomic E-state index is 13.3. The molecule has 14 heavy (non-hydrogen) atoms. The number of hydrogen-bond acceptors (Lipinski definition) is 1. The summed E-state index contributed by atoms with van der Waals surface area (Å²) >= 11 is -3.09. The van der Waals surface area contributed by atoms with Gasteiger partial charge >= 0.3 is 90.4 Å². The summed E-state index contributed by atoms with van der Waals surface area (Å²) in [6.45, 7) is 8.72. The van der Waals surface area contributed by atoms with Crippen molar-refractivity contribution in [1.29, 1.82) is 0 Å². The van der Waals surface area contributed by atoms with Gasteiger partial charge in [0.05, 0.1) is 0 Å². The Bertz CT molecular complexity index is 163. The molecule has 0 rings (SSSR count). The molecule has 0 N–H and O–H groups in total. The molecule has 0 aliphatic carbocycles. The van der Waals surface area contributed by atoms with Gasteiger partial charge in [-0.05, 0) is 0 Å². The summed E-state index contributed by atoms with van der Waals surface area (Å²) in [7, 11) is 0. The van der Waals surface area contributed by atoms with Crippen molar-refractivity contribution in [3.05, 3.63) is 0 Å². The van der Waals surface area contributed by atoms with Crippen molar-refractivity contribution in [2.75, 3.05) is 0 Å². The Morgan fingerprint density at radius 1 is 0.643 bits per heavy atom. The van der Waals surface area contributed by atoms with Crippen LogP contribution in [0, 0.1) is 0 Å². The molecular weight excluding hydrogens is 211 g/mol. The third-order valence-corrected chi connectivity index (χ3v) is 13.0. The van der Waals surface area contributed by atoms with Crippen molar-refractivity contribution < 1.29 is 16.5 Å². The van der Waals surface area contributed by atoms with Gasteiger partial charge in [0.25, 0.3) is 0 Å². The molecule has 0 amide bonds. The average Bonchev–Trinajstić information content (AvgIpc) is 2.05. The molecule has 0 aromatic heterocycles. The van der Waals surface area contributed by atoms with Crippen LogP contribution in [0.1, 0.15) is 53.4 Å². The van der Waals surface area contributed by atoms with Crippen molar-refractivity contribution in [2.24, 2.45) is 0 Å². The van der Waals surface area contributed by atoms with Crippen LogP contribution in [0.4, 0.5) is 0 Å². The number of rotatable bonds is 8. The molecule has 0 heterocycles. The van der Waals surface area contributed by atoms with E-state index in [1.165, 1.54) is 0 Å². The third kappa shape index (κ3) is 3.86. The van der Waals surface area contributed by atoms with Crippen molar-refractivity contribution >= 4 is 0 Å². The van der Waals surface area contributed by atoms with E-state index in [0.29, 0.717) is 0 Å². The summed E-state index contributed by atoms with van der Waals surface area (Å²) < 4.78 is 13.3. The Kier molecular flexibility index (Phi) is 6.24. The monoisotopic (exact) mass is 239 g/mol. The van der Waals surface area contributed by atoms with E-state index >= 15 is 0 Å². The Balaban J connectivity index is 4.80. The minimum absolute atomic E-state index is 1.04. The first-order valence-electron chi connectivity index (χ1n) is 6.28. The van der Waals surface area contributed by atoms with E-state index < -0.39 is 12.8 Å². The summed E-state index contributed by atoms with van der Waals surface area (Å²) in [4.78, 5) is 0. The van der Waals surface area contributed by atoms with Crippen molar-refractivity contribution in [1.82, 2.24) is 0 Å². The first-order chi connectivity index (χ1) is 6.54. The summed E-state index contributed by atoms with van der Waals surface area (Å²) in [6, 6.07) is 0. The van der Waals surface area contributed by atoms with Crippen LogP contribution >= 0.6 is 0 Å². The fraction of sp³-hybridized carbons (Fsp3) is 1.00. The predicted molar refractivity (Wildman–Crippen MR) is 61.1 cm³/mol. The van der Waals surface area contributed by atoms with Crippen LogP contribution in [0.15, 0.2) is 0 Å². The second-order valence-corrected chi connectivity index (χ2v) is 13.3. The Hall–Kier alpha value is 0.384. The van der Waals surface area contributed by atoms with E-state index in [4.69, 9.17) is 0 Å². The molecule has 0 radical (unpaired) electrons. The van der Waals surface area contributed by atoms with Gasteiger partial charge in [0.1, 0.15) is 0 Å². The van der Waals surface area contributed by atoms with E-state index in [1.54, 1.807) is 0 Å². The van der Waals surface area contributed by atoms with Gasteiger partial charge in [-0.1, -0.05) is 0 Å². The molecule has 0 aromatic carbocycles. The zero-order chi connectivity index (χ0) is 11.1. The van der Waals surface area contributed by atoms with Crippen LogP contribution in [0.5, 0.6) is 0 Å². The molecule has 0 unspecified atom stereocenters. The minimum atomic E-state index is -3.09. The summed E-state index contributed by atoms with van der Waals surface area (Å²) in [6.07, 6.45) is 4.42. The molecule has 2 heteroatoms. The molecule has 0 fully saturated rings.